The lowest BCUT2D eigenvalue weighted by atomic mass is 10.1. The molecule has 4 rings (SSSR count). The van der Waals surface area contributed by atoms with Crippen LogP contribution < -0.4 is 5.32 Å². The van der Waals surface area contributed by atoms with Crippen LogP contribution in [0, 0.1) is 0 Å². The minimum Gasteiger partial charge on any atom is -0.307 e. The Morgan fingerprint density at radius 3 is 2.42 bits per heavy atom. The Kier molecular flexibility index (Phi) is 4.69. The van der Waals surface area contributed by atoms with Gasteiger partial charge in [-0.25, -0.2) is 0 Å². The highest BCUT2D eigenvalue weighted by molar-refractivity contribution is 8.26. The molecule has 1 saturated heterocycles. The second kappa shape index (κ2) is 7.27. The van der Waals surface area contributed by atoms with Crippen molar-refractivity contribution in [3.8, 4) is 11.3 Å². The van der Waals surface area contributed by atoms with Crippen molar-refractivity contribution in [3.63, 3.8) is 0 Å². The monoisotopic (exact) mass is 377 g/mol. The summed E-state index contributed by atoms with van der Waals surface area (Å²) in [4.78, 5) is 12.6. The summed E-state index contributed by atoms with van der Waals surface area (Å²) in [6, 6.07) is 20.1. The second-order valence-corrected chi connectivity index (χ2v) is 7.55. The molecule has 6 heteroatoms. The average molecular weight is 377 g/mol. The Bertz CT molecular complexity index is 994. The van der Waals surface area contributed by atoms with E-state index in [1.807, 2.05) is 65.5 Å². The fourth-order valence-electron chi connectivity index (χ4n) is 2.78. The highest BCUT2D eigenvalue weighted by atomic mass is 32.2. The summed E-state index contributed by atoms with van der Waals surface area (Å²) >= 11 is 6.36. The Morgan fingerprint density at radius 2 is 1.77 bits per heavy atom. The summed E-state index contributed by atoms with van der Waals surface area (Å²) in [6.45, 7) is 0.668. The van der Waals surface area contributed by atoms with Crippen LogP contribution in [0.1, 0.15) is 11.1 Å². The molecule has 2 aromatic carbocycles. The van der Waals surface area contributed by atoms with Gasteiger partial charge < -0.3 is 5.32 Å². The minimum absolute atomic E-state index is 0.158. The summed E-state index contributed by atoms with van der Waals surface area (Å²) in [5.41, 5.74) is 3.93. The smallest absolute Gasteiger partial charge is 0.263 e. The SMILES string of the molecule is O=C1NC(=S)SC1=Cc1cn(Cc2ccccc2)nc1-c1ccccc1. The van der Waals surface area contributed by atoms with Crippen LogP contribution in [-0.2, 0) is 11.3 Å². The number of rotatable bonds is 4. The third kappa shape index (κ3) is 3.61. The molecule has 0 radical (unpaired) electrons. The number of hydrogen-bond donors (Lipinski definition) is 1. The first kappa shape index (κ1) is 16.8. The number of thiocarbonyl (C=S) groups is 1. The molecular weight excluding hydrogens is 362 g/mol. The normalized spacial score (nSPS) is 15.5. The lowest BCUT2D eigenvalue weighted by Gasteiger charge is -2.01. The van der Waals surface area contributed by atoms with Gasteiger partial charge in [-0.3, -0.25) is 9.48 Å². The largest absolute Gasteiger partial charge is 0.307 e. The van der Waals surface area contributed by atoms with Gasteiger partial charge in [0.05, 0.1) is 17.1 Å². The van der Waals surface area contributed by atoms with Crippen LogP contribution in [0.15, 0.2) is 71.8 Å². The lowest BCUT2D eigenvalue weighted by molar-refractivity contribution is -0.115. The number of nitrogens with zero attached hydrogens (tertiary/aromatic N) is 2. The molecular formula is C20H15N3OS2. The topological polar surface area (TPSA) is 46.9 Å². The first-order valence-electron chi connectivity index (χ1n) is 8.11. The molecule has 1 amide bonds. The van der Waals surface area contributed by atoms with Gasteiger partial charge in [0.25, 0.3) is 5.91 Å². The van der Waals surface area contributed by atoms with Crippen molar-refractivity contribution >= 4 is 40.3 Å². The molecule has 0 spiro atoms. The van der Waals surface area contributed by atoms with E-state index >= 15 is 0 Å². The molecule has 0 unspecified atom stereocenters. The van der Waals surface area contributed by atoms with Crippen LogP contribution in [0.3, 0.4) is 0 Å². The van der Waals surface area contributed by atoms with Crippen LogP contribution in [0.4, 0.5) is 0 Å². The quantitative estimate of drug-likeness (QED) is 0.550. The third-order valence-electron chi connectivity index (χ3n) is 3.95. The molecule has 0 aliphatic carbocycles. The van der Waals surface area contributed by atoms with E-state index in [9.17, 15) is 4.79 Å². The maximum absolute atomic E-state index is 12.0. The maximum atomic E-state index is 12.0. The first-order chi connectivity index (χ1) is 12.7. The molecule has 1 aliphatic rings. The van der Waals surface area contributed by atoms with Crippen molar-refractivity contribution in [1.29, 1.82) is 0 Å². The first-order valence-corrected chi connectivity index (χ1v) is 9.33. The van der Waals surface area contributed by atoms with Crippen LogP contribution in [-0.4, -0.2) is 20.0 Å². The number of benzene rings is 2. The Hall–Kier alpha value is -2.70. The van der Waals surface area contributed by atoms with E-state index in [0.717, 1.165) is 16.8 Å². The van der Waals surface area contributed by atoms with Crippen LogP contribution in [0.25, 0.3) is 17.3 Å². The van der Waals surface area contributed by atoms with Gasteiger partial charge in [0.2, 0.25) is 0 Å². The Labute approximate surface area is 160 Å². The van der Waals surface area contributed by atoms with Crippen molar-refractivity contribution in [2.45, 2.75) is 6.54 Å². The van der Waals surface area contributed by atoms with Crippen molar-refractivity contribution in [2.75, 3.05) is 0 Å². The standard InChI is InChI=1S/C20H15N3OS2/c24-19-17(26-20(25)21-19)11-16-13-23(12-14-7-3-1-4-8-14)22-18(16)15-9-5-2-6-10-15/h1-11,13H,12H2,(H,21,24,25). The zero-order valence-electron chi connectivity index (χ0n) is 13.8. The molecule has 3 aromatic rings. The summed E-state index contributed by atoms with van der Waals surface area (Å²) in [7, 11) is 0. The zero-order valence-corrected chi connectivity index (χ0v) is 15.4. The zero-order chi connectivity index (χ0) is 17.9. The summed E-state index contributed by atoms with van der Waals surface area (Å²) in [5, 5.41) is 7.41. The molecule has 1 aliphatic heterocycles. The van der Waals surface area contributed by atoms with Gasteiger partial charge in [-0.2, -0.15) is 5.10 Å². The van der Waals surface area contributed by atoms with E-state index in [4.69, 9.17) is 17.3 Å². The van der Waals surface area contributed by atoms with E-state index in [0.29, 0.717) is 15.8 Å². The third-order valence-corrected chi connectivity index (χ3v) is 5.12. The van der Waals surface area contributed by atoms with Crippen molar-refractivity contribution in [2.24, 2.45) is 0 Å². The van der Waals surface area contributed by atoms with E-state index in [1.54, 1.807) is 0 Å². The fourth-order valence-corrected chi connectivity index (χ4v) is 3.81. The Balaban J connectivity index is 1.75. The summed E-state index contributed by atoms with van der Waals surface area (Å²) in [6.07, 6.45) is 3.83. The molecule has 1 N–H and O–H groups in total. The van der Waals surface area contributed by atoms with Gasteiger partial charge in [0.15, 0.2) is 0 Å². The van der Waals surface area contributed by atoms with Crippen molar-refractivity contribution in [3.05, 3.63) is 82.9 Å². The van der Waals surface area contributed by atoms with Gasteiger partial charge in [-0.15, -0.1) is 0 Å². The predicted octanol–water partition coefficient (Wildman–Crippen LogP) is 4.09. The van der Waals surface area contributed by atoms with E-state index in [-0.39, 0.29) is 5.91 Å². The number of hydrogen-bond acceptors (Lipinski definition) is 4. The molecule has 0 atom stereocenters. The van der Waals surface area contributed by atoms with Gasteiger partial charge in [-0.05, 0) is 11.6 Å². The highest BCUT2D eigenvalue weighted by Crippen LogP contribution is 2.30. The molecule has 1 fully saturated rings. The summed E-state index contributed by atoms with van der Waals surface area (Å²) < 4.78 is 2.39. The molecule has 1 aromatic heterocycles. The fraction of sp³-hybridized carbons (Fsp3) is 0.0500. The summed E-state index contributed by atoms with van der Waals surface area (Å²) in [5.74, 6) is -0.158. The van der Waals surface area contributed by atoms with Gasteiger partial charge in [0, 0.05) is 17.3 Å². The number of carbonyl (C=O) groups is 1. The number of aromatic nitrogens is 2. The van der Waals surface area contributed by atoms with Crippen molar-refractivity contribution in [1.82, 2.24) is 15.1 Å². The highest BCUT2D eigenvalue weighted by Gasteiger charge is 2.23. The Morgan fingerprint density at radius 1 is 1.08 bits per heavy atom. The lowest BCUT2D eigenvalue weighted by Crippen LogP contribution is -2.17. The number of nitrogens with one attached hydrogen (secondary N) is 1. The molecule has 4 nitrogen and oxygen atoms in total. The van der Waals surface area contributed by atoms with Gasteiger partial charge in [0.1, 0.15) is 4.32 Å². The number of amides is 1. The van der Waals surface area contributed by atoms with Crippen LogP contribution in [0.5, 0.6) is 0 Å². The van der Waals surface area contributed by atoms with Crippen LogP contribution in [0.2, 0.25) is 0 Å². The molecule has 2 heterocycles. The molecule has 128 valence electrons. The maximum Gasteiger partial charge on any atom is 0.263 e. The van der Waals surface area contributed by atoms with E-state index < -0.39 is 0 Å². The van der Waals surface area contributed by atoms with Crippen LogP contribution >= 0.6 is 24.0 Å². The number of carbonyl (C=O) groups excluding carboxylic acids is 1. The average Bonchev–Trinajstić information content (AvgIpc) is 3.19. The minimum atomic E-state index is -0.158. The van der Waals surface area contributed by atoms with Gasteiger partial charge >= 0.3 is 0 Å². The van der Waals surface area contributed by atoms with E-state index in [2.05, 4.69) is 17.4 Å². The van der Waals surface area contributed by atoms with Gasteiger partial charge in [-0.1, -0.05) is 84.6 Å². The van der Waals surface area contributed by atoms with Crippen molar-refractivity contribution < 1.29 is 4.79 Å². The molecule has 0 bridgehead atoms. The second-order valence-electron chi connectivity index (χ2n) is 5.83. The molecule has 0 saturated carbocycles. The number of thioether (sulfide) groups is 1. The predicted molar refractivity (Wildman–Crippen MR) is 110 cm³/mol. The molecule has 26 heavy (non-hydrogen) atoms. The van der Waals surface area contributed by atoms with E-state index in [1.165, 1.54) is 17.3 Å².